The first-order chi connectivity index (χ1) is 9.70. The van der Waals surface area contributed by atoms with Crippen LogP contribution in [0.3, 0.4) is 0 Å². The molecule has 1 saturated carbocycles. The van der Waals surface area contributed by atoms with Crippen molar-refractivity contribution in [3.05, 3.63) is 29.5 Å². The van der Waals surface area contributed by atoms with Crippen molar-refractivity contribution in [2.45, 2.75) is 32.1 Å². The molecular formula is C16H19NO3. The molecule has 0 atom stereocenters. The Morgan fingerprint density at radius 1 is 1.40 bits per heavy atom. The van der Waals surface area contributed by atoms with Crippen molar-refractivity contribution >= 4 is 16.9 Å². The van der Waals surface area contributed by atoms with E-state index in [2.05, 4.69) is 4.98 Å². The first kappa shape index (κ1) is 13.0. The topological polar surface area (TPSA) is 62.3 Å². The number of carboxylic acid groups (broad SMARTS) is 1. The van der Waals surface area contributed by atoms with Crippen LogP contribution in [-0.4, -0.2) is 23.2 Å². The maximum absolute atomic E-state index is 11.6. The van der Waals surface area contributed by atoms with Gasteiger partial charge in [0.05, 0.1) is 18.2 Å². The lowest BCUT2D eigenvalue weighted by Gasteiger charge is -2.07. The Morgan fingerprint density at radius 3 is 2.80 bits per heavy atom. The van der Waals surface area contributed by atoms with Gasteiger partial charge in [0, 0.05) is 11.1 Å². The molecule has 0 spiro atoms. The molecule has 2 aromatic rings. The van der Waals surface area contributed by atoms with Crippen LogP contribution in [0.25, 0.3) is 10.9 Å². The number of ether oxygens (including phenoxy) is 1. The number of rotatable bonds is 4. The van der Waals surface area contributed by atoms with E-state index in [4.69, 9.17) is 4.74 Å². The first-order valence-electron chi connectivity index (χ1n) is 7.11. The van der Waals surface area contributed by atoms with E-state index >= 15 is 0 Å². The highest BCUT2D eigenvalue weighted by Gasteiger charge is 2.23. The molecule has 1 aromatic carbocycles. The molecule has 0 aliphatic heterocycles. The van der Waals surface area contributed by atoms with Crippen molar-refractivity contribution in [2.24, 2.45) is 5.92 Å². The number of aromatic nitrogens is 1. The number of hydrogen-bond acceptors (Lipinski definition) is 2. The maximum Gasteiger partial charge on any atom is 0.338 e. The minimum Gasteiger partial charge on any atom is -0.495 e. The molecule has 0 amide bonds. The number of aromatic amines is 1. The standard InChI is InChI=1S/C16H19NO3/c1-20-13-8-4-7-11-14(16(18)19)12(17-15(11)13)9-10-5-2-3-6-10/h4,7-8,10,17H,2-3,5-6,9H2,1H3,(H,18,19). The third-order valence-electron chi connectivity index (χ3n) is 4.27. The monoisotopic (exact) mass is 273 g/mol. The van der Waals surface area contributed by atoms with Crippen LogP contribution in [-0.2, 0) is 6.42 Å². The highest BCUT2D eigenvalue weighted by molar-refractivity contribution is 6.06. The first-order valence-corrected chi connectivity index (χ1v) is 7.11. The van der Waals surface area contributed by atoms with E-state index in [1.165, 1.54) is 25.7 Å². The van der Waals surface area contributed by atoms with Crippen LogP contribution in [0.5, 0.6) is 5.75 Å². The molecule has 2 N–H and O–H groups in total. The van der Waals surface area contributed by atoms with Gasteiger partial charge in [-0.1, -0.05) is 37.8 Å². The highest BCUT2D eigenvalue weighted by atomic mass is 16.5. The Labute approximate surface area is 117 Å². The zero-order valence-corrected chi connectivity index (χ0v) is 11.6. The Hall–Kier alpha value is -1.97. The molecule has 1 heterocycles. The quantitative estimate of drug-likeness (QED) is 0.894. The van der Waals surface area contributed by atoms with Gasteiger partial charge in [-0.05, 0) is 18.4 Å². The van der Waals surface area contributed by atoms with Gasteiger partial charge in [0.15, 0.2) is 0 Å². The van der Waals surface area contributed by atoms with E-state index in [1.54, 1.807) is 7.11 Å². The van der Waals surface area contributed by atoms with Gasteiger partial charge in [-0.3, -0.25) is 0 Å². The summed E-state index contributed by atoms with van der Waals surface area (Å²) in [7, 11) is 1.60. The van der Waals surface area contributed by atoms with Crippen LogP contribution in [0, 0.1) is 5.92 Å². The van der Waals surface area contributed by atoms with Crippen LogP contribution in [0.1, 0.15) is 41.7 Å². The number of benzene rings is 1. The lowest BCUT2D eigenvalue weighted by molar-refractivity contribution is 0.0697. The summed E-state index contributed by atoms with van der Waals surface area (Å²) < 4.78 is 5.32. The van der Waals surface area contributed by atoms with Crippen molar-refractivity contribution in [3.63, 3.8) is 0 Å². The van der Waals surface area contributed by atoms with Crippen LogP contribution in [0.4, 0.5) is 0 Å². The smallest absolute Gasteiger partial charge is 0.338 e. The predicted molar refractivity (Wildman–Crippen MR) is 77.5 cm³/mol. The second-order valence-electron chi connectivity index (χ2n) is 5.52. The second-order valence-corrected chi connectivity index (χ2v) is 5.52. The normalized spacial score (nSPS) is 15.8. The molecule has 1 fully saturated rings. The van der Waals surface area contributed by atoms with Gasteiger partial charge in [0.25, 0.3) is 0 Å². The third kappa shape index (κ3) is 2.15. The zero-order chi connectivity index (χ0) is 14.1. The minimum absolute atomic E-state index is 0.408. The van der Waals surface area contributed by atoms with E-state index in [0.717, 1.165) is 23.0 Å². The minimum atomic E-state index is -0.863. The molecule has 1 aliphatic rings. The average Bonchev–Trinajstić information content (AvgIpc) is 3.05. The molecule has 4 heteroatoms. The van der Waals surface area contributed by atoms with Crippen LogP contribution in [0.15, 0.2) is 18.2 Å². The average molecular weight is 273 g/mol. The third-order valence-corrected chi connectivity index (χ3v) is 4.27. The van der Waals surface area contributed by atoms with E-state index < -0.39 is 5.97 Å². The number of H-pyrrole nitrogens is 1. The number of aromatic carboxylic acids is 1. The summed E-state index contributed by atoms with van der Waals surface area (Å²) in [5, 5.41) is 10.3. The Kier molecular flexibility index (Phi) is 3.38. The van der Waals surface area contributed by atoms with Gasteiger partial charge in [-0.25, -0.2) is 4.79 Å². The van der Waals surface area contributed by atoms with Gasteiger partial charge < -0.3 is 14.8 Å². The summed E-state index contributed by atoms with van der Waals surface area (Å²) in [6, 6.07) is 5.53. The van der Waals surface area contributed by atoms with Crippen LogP contribution >= 0.6 is 0 Å². The number of nitrogens with one attached hydrogen (secondary N) is 1. The number of hydrogen-bond donors (Lipinski definition) is 2. The van der Waals surface area contributed by atoms with Crippen molar-refractivity contribution < 1.29 is 14.6 Å². The number of fused-ring (bicyclic) bond motifs is 1. The molecule has 1 aromatic heterocycles. The largest absolute Gasteiger partial charge is 0.495 e. The van der Waals surface area contributed by atoms with Crippen molar-refractivity contribution in [2.75, 3.05) is 7.11 Å². The van der Waals surface area contributed by atoms with Gasteiger partial charge >= 0.3 is 5.97 Å². The van der Waals surface area contributed by atoms with Crippen LogP contribution < -0.4 is 4.74 Å². The van der Waals surface area contributed by atoms with Gasteiger partial charge in [-0.15, -0.1) is 0 Å². The number of methoxy groups -OCH3 is 1. The van der Waals surface area contributed by atoms with Crippen molar-refractivity contribution in [1.82, 2.24) is 4.98 Å². The van der Waals surface area contributed by atoms with E-state index in [9.17, 15) is 9.90 Å². The fourth-order valence-electron chi connectivity index (χ4n) is 3.31. The summed E-state index contributed by atoms with van der Waals surface area (Å²) >= 11 is 0. The number of carbonyl (C=O) groups is 1. The summed E-state index contributed by atoms with van der Waals surface area (Å²) in [5.41, 5.74) is 2.04. The Bertz CT molecular complexity index is 638. The molecule has 0 bridgehead atoms. The zero-order valence-electron chi connectivity index (χ0n) is 11.6. The van der Waals surface area contributed by atoms with E-state index in [-0.39, 0.29) is 0 Å². The predicted octanol–water partition coefficient (Wildman–Crippen LogP) is 3.61. The van der Waals surface area contributed by atoms with Crippen LogP contribution in [0.2, 0.25) is 0 Å². The summed E-state index contributed by atoms with van der Waals surface area (Å²) in [5.74, 6) is 0.437. The fraction of sp³-hybridized carbons (Fsp3) is 0.438. The summed E-state index contributed by atoms with van der Waals surface area (Å²) in [4.78, 5) is 14.9. The SMILES string of the molecule is COc1cccc2c(C(=O)O)c(CC3CCCC3)[nH]c12. The molecular weight excluding hydrogens is 254 g/mol. The lowest BCUT2D eigenvalue weighted by atomic mass is 9.99. The lowest BCUT2D eigenvalue weighted by Crippen LogP contribution is -2.05. The van der Waals surface area contributed by atoms with E-state index in [1.807, 2.05) is 18.2 Å². The molecule has 1 aliphatic carbocycles. The highest BCUT2D eigenvalue weighted by Crippen LogP contribution is 2.34. The second kappa shape index (κ2) is 5.19. The van der Waals surface area contributed by atoms with Gasteiger partial charge in [0.2, 0.25) is 0 Å². The Morgan fingerprint density at radius 2 is 2.15 bits per heavy atom. The maximum atomic E-state index is 11.6. The number of para-hydroxylation sites is 1. The van der Waals surface area contributed by atoms with Gasteiger partial charge in [0.1, 0.15) is 5.75 Å². The van der Waals surface area contributed by atoms with Crippen molar-refractivity contribution in [1.29, 1.82) is 0 Å². The molecule has 0 radical (unpaired) electrons. The fourth-order valence-corrected chi connectivity index (χ4v) is 3.31. The number of carboxylic acids is 1. The van der Waals surface area contributed by atoms with E-state index in [0.29, 0.717) is 17.2 Å². The molecule has 0 unspecified atom stereocenters. The molecule has 106 valence electrons. The molecule has 0 saturated heterocycles. The Balaban J connectivity index is 2.09. The molecule has 20 heavy (non-hydrogen) atoms. The molecule has 4 nitrogen and oxygen atoms in total. The summed E-state index contributed by atoms with van der Waals surface area (Å²) in [6.45, 7) is 0. The molecule has 3 rings (SSSR count). The van der Waals surface area contributed by atoms with Crippen molar-refractivity contribution in [3.8, 4) is 5.75 Å². The summed E-state index contributed by atoms with van der Waals surface area (Å²) in [6.07, 6.45) is 5.74. The van der Waals surface area contributed by atoms with Gasteiger partial charge in [-0.2, -0.15) is 0 Å².